The maximum Gasteiger partial charge on any atom is 0.323 e. The number of rotatable bonds is 8. The van der Waals surface area contributed by atoms with Crippen molar-refractivity contribution in [2.75, 3.05) is 13.1 Å². The van der Waals surface area contributed by atoms with E-state index in [1.165, 1.54) is 29.2 Å². The Kier molecular flexibility index (Phi) is 6.92. The van der Waals surface area contributed by atoms with Gasteiger partial charge in [0, 0.05) is 18.2 Å². The van der Waals surface area contributed by atoms with Crippen LogP contribution in [-0.2, 0) is 14.8 Å². The molecule has 0 spiro atoms. The molecule has 0 aliphatic rings. The average Bonchev–Trinajstić information content (AvgIpc) is 2.50. The summed E-state index contributed by atoms with van der Waals surface area (Å²) >= 11 is 0. The van der Waals surface area contributed by atoms with Crippen LogP contribution in [0.25, 0.3) is 0 Å². The third-order valence-electron chi connectivity index (χ3n) is 3.28. The highest BCUT2D eigenvalue weighted by molar-refractivity contribution is 7.89. The van der Waals surface area contributed by atoms with E-state index in [9.17, 15) is 18.0 Å². The van der Waals surface area contributed by atoms with Gasteiger partial charge in [-0.1, -0.05) is 13.8 Å². The van der Waals surface area contributed by atoms with Crippen molar-refractivity contribution in [1.29, 1.82) is 0 Å². The molecule has 0 fully saturated rings. The van der Waals surface area contributed by atoms with Crippen molar-refractivity contribution in [3.05, 3.63) is 29.8 Å². The highest BCUT2D eigenvalue weighted by atomic mass is 32.2. The van der Waals surface area contributed by atoms with Crippen molar-refractivity contribution in [2.45, 2.75) is 38.6 Å². The lowest BCUT2D eigenvalue weighted by Crippen LogP contribution is -2.40. The summed E-state index contributed by atoms with van der Waals surface area (Å²) < 4.78 is 26.7. The van der Waals surface area contributed by atoms with Crippen molar-refractivity contribution in [2.24, 2.45) is 5.92 Å². The van der Waals surface area contributed by atoms with Gasteiger partial charge in [-0.3, -0.25) is 9.59 Å². The topological polar surface area (TPSA) is 104 Å². The Balaban J connectivity index is 2.97. The van der Waals surface area contributed by atoms with E-state index >= 15 is 0 Å². The number of hydrogen-bond acceptors (Lipinski definition) is 4. The highest BCUT2D eigenvalue weighted by Gasteiger charge is 2.22. The molecule has 1 rings (SSSR count). The Labute approximate surface area is 142 Å². The molecule has 0 radical (unpaired) electrons. The molecule has 0 bridgehead atoms. The van der Waals surface area contributed by atoms with Crippen LogP contribution in [0, 0.1) is 5.92 Å². The zero-order chi connectivity index (χ0) is 18.5. The molecular weight excluding hydrogens is 332 g/mol. The van der Waals surface area contributed by atoms with Gasteiger partial charge in [-0.05, 0) is 44.0 Å². The molecule has 24 heavy (non-hydrogen) atoms. The van der Waals surface area contributed by atoms with Crippen LogP contribution >= 0.6 is 0 Å². The third kappa shape index (κ3) is 5.61. The molecule has 1 aromatic rings. The number of sulfonamides is 1. The van der Waals surface area contributed by atoms with Gasteiger partial charge in [0.25, 0.3) is 5.91 Å². The van der Waals surface area contributed by atoms with Gasteiger partial charge in [0.1, 0.15) is 6.54 Å². The van der Waals surface area contributed by atoms with E-state index in [-0.39, 0.29) is 22.4 Å². The fourth-order valence-electron chi connectivity index (χ4n) is 1.94. The number of carbonyl (C=O) groups excluding carboxylic acids is 1. The molecular formula is C16H24N2O5S. The largest absolute Gasteiger partial charge is 0.480 e. The van der Waals surface area contributed by atoms with E-state index in [0.717, 1.165) is 0 Å². The zero-order valence-electron chi connectivity index (χ0n) is 14.3. The maximum atomic E-state index is 12.4. The van der Waals surface area contributed by atoms with Crippen LogP contribution in [0.2, 0.25) is 0 Å². The van der Waals surface area contributed by atoms with Crippen LogP contribution in [0.3, 0.4) is 0 Å². The summed E-state index contributed by atoms with van der Waals surface area (Å²) in [6, 6.07) is 5.18. The lowest BCUT2D eigenvalue weighted by atomic mass is 10.1. The van der Waals surface area contributed by atoms with Crippen molar-refractivity contribution in [1.82, 2.24) is 9.62 Å². The molecule has 0 heterocycles. The molecule has 8 heteroatoms. The van der Waals surface area contributed by atoms with Crippen LogP contribution < -0.4 is 4.72 Å². The van der Waals surface area contributed by atoms with E-state index in [1.54, 1.807) is 13.8 Å². The van der Waals surface area contributed by atoms with Gasteiger partial charge in [-0.25, -0.2) is 13.1 Å². The summed E-state index contributed by atoms with van der Waals surface area (Å²) in [6.45, 7) is 7.14. The smallest absolute Gasteiger partial charge is 0.323 e. The van der Waals surface area contributed by atoms with Crippen LogP contribution in [0.4, 0.5) is 0 Å². The molecule has 2 N–H and O–H groups in total. The van der Waals surface area contributed by atoms with Crippen molar-refractivity contribution < 1.29 is 23.1 Å². The first kappa shape index (κ1) is 20.1. The lowest BCUT2D eigenvalue weighted by molar-refractivity contribution is -0.138. The maximum absolute atomic E-state index is 12.4. The molecule has 134 valence electrons. The monoisotopic (exact) mass is 356 g/mol. The zero-order valence-corrected chi connectivity index (χ0v) is 15.1. The molecule has 1 aromatic carbocycles. The second-order valence-electron chi connectivity index (χ2n) is 6.19. The lowest BCUT2D eigenvalue weighted by Gasteiger charge is -2.25. The number of nitrogens with zero attached hydrogens (tertiary/aromatic N) is 1. The van der Waals surface area contributed by atoms with E-state index in [2.05, 4.69) is 4.72 Å². The quantitative estimate of drug-likeness (QED) is 0.735. The molecule has 0 saturated heterocycles. The molecule has 0 aromatic heterocycles. The number of nitrogens with one attached hydrogen (secondary N) is 1. The third-order valence-corrected chi connectivity index (χ3v) is 4.72. The van der Waals surface area contributed by atoms with Gasteiger partial charge >= 0.3 is 5.97 Å². The van der Waals surface area contributed by atoms with Crippen LogP contribution in [0.5, 0.6) is 0 Å². The number of carboxylic acids is 1. The average molecular weight is 356 g/mol. The number of amides is 1. The number of carboxylic acid groups (broad SMARTS) is 1. The standard InChI is InChI=1S/C16H24N2O5S/c1-11(2)9-17-24(22,23)14-7-5-13(6-8-14)16(21)18(12(3)4)10-15(19)20/h5-8,11-12,17H,9-10H2,1-4H3,(H,19,20). The normalized spacial score (nSPS) is 11.8. The second-order valence-corrected chi connectivity index (χ2v) is 7.96. The van der Waals surface area contributed by atoms with Gasteiger partial charge in [-0.2, -0.15) is 0 Å². The van der Waals surface area contributed by atoms with Crippen molar-refractivity contribution in [3.63, 3.8) is 0 Å². The predicted molar refractivity (Wildman–Crippen MR) is 90.3 cm³/mol. The van der Waals surface area contributed by atoms with E-state index in [1.807, 2.05) is 13.8 Å². The highest BCUT2D eigenvalue weighted by Crippen LogP contribution is 2.14. The molecule has 7 nitrogen and oxygen atoms in total. The minimum atomic E-state index is -3.62. The van der Waals surface area contributed by atoms with Gasteiger partial charge < -0.3 is 10.0 Å². The summed E-state index contributed by atoms with van der Waals surface area (Å²) in [5, 5.41) is 8.90. The SMILES string of the molecule is CC(C)CNS(=O)(=O)c1ccc(C(=O)N(CC(=O)O)C(C)C)cc1. The summed E-state index contributed by atoms with van der Waals surface area (Å²) in [6.07, 6.45) is 0. The van der Waals surface area contributed by atoms with Crippen LogP contribution in [0.15, 0.2) is 29.2 Å². The minimum absolute atomic E-state index is 0.0639. The summed E-state index contributed by atoms with van der Waals surface area (Å²) in [5.74, 6) is -1.38. The molecule has 1 amide bonds. The second kappa shape index (κ2) is 8.25. The summed E-state index contributed by atoms with van der Waals surface area (Å²) in [7, 11) is -3.62. The molecule has 0 aliphatic carbocycles. The predicted octanol–water partition coefficient (Wildman–Crippen LogP) is 1.56. The molecule has 0 saturated carbocycles. The number of benzene rings is 1. The van der Waals surface area contributed by atoms with Gasteiger partial charge in [0.2, 0.25) is 10.0 Å². The summed E-state index contributed by atoms with van der Waals surface area (Å²) in [5.41, 5.74) is 0.243. The Hall–Kier alpha value is -1.93. The van der Waals surface area contributed by atoms with Crippen molar-refractivity contribution in [3.8, 4) is 0 Å². The Morgan fingerprint density at radius 3 is 2.08 bits per heavy atom. The fourth-order valence-corrected chi connectivity index (χ4v) is 3.15. The first-order valence-electron chi connectivity index (χ1n) is 7.67. The fraction of sp³-hybridized carbons (Fsp3) is 0.500. The van der Waals surface area contributed by atoms with Crippen LogP contribution in [0.1, 0.15) is 38.1 Å². The van der Waals surface area contributed by atoms with Gasteiger partial charge in [0.05, 0.1) is 4.90 Å². The number of hydrogen-bond donors (Lipinski definition) is 2. The van der Waals surface area contributed by atoms with E-state index < -0.39 is 28.4 Å². The minimum Gasteiger partial charge on any atom is -0.480 e. The van der Waals surface area contributed by atoms with Crippen molar-refractivity contribution >= 4 is 21.9 Å². The van der Waals surface area contributed by atoms with E-state index in [4.69, 9.17) is 5.11 Å². The molecule has 0 atom stereocenters. The van der Waals surface area contributed by atoms with E-state index in [0.29, 0.717) is 6.54 Å². The first-order chi connectivity index (χ1) is 11.0. The van der Waals surface area contributed by atoms with Gasteiger partial charge in [0.15, 0.2) is 0 Å². The Morgan fingerprint density at radius 2 is 1.67 bits per heavy atom. The molecule has 0 aliphatic heterocycles. The van der Waals surface area contributed by atoms with Gasteiger partial charge in [-0.15, -0.1) is 0 Å². The summed E-state index contributed by atoms with van der Waals surface area (Å²) in [4.78, 5) is 24.6. The number of carbonyl (C=O) groups is 2. The van der Waals surface area contributed by atoms with Crippen LogP contribution in [-0.4, -0.2) is 49.4 Å². The molecule has 0 unspecified atom stereocenters. The number of aliphatic carboxylic acids is 1. The first-order valence-corrected chi connectivity index (χ1v) is 9.15. The Bertz CT molecular complexity index is 681. The Morgan fingerprint density at radius 1 is 1.12 bits per heavy atom.